The van der Waals surface area contributed by atoms with Crippen molar-refractivity contribution >= 4 is 22.6 Å². The second kappa shape index (κ2) is 6.65. The van der Waals surface area contributed by atoms with Crippen molar-refractivity contribution in [3.63, 3.8) is 0 Å². The fourth-order valence-electron chi connectivity index (χ4n) is 2.70. The molecule has 24 heavy (non-hydrogen) atoms. The van der Waals surface area contributed by atoms with Gasteiger partial charge in [-0.25, -0.2) is 9.97 Å². The summed E-state index contributed by atoms with van der Waals surface area (Å²) in [5.74, 6) is 1.81. The van der Waals surface area contributed by atoms with E-state index in [9.17, 15) is 0 Å². The van der Waals surface area contributed by atoms with Crippen LogP contribution in [0.2, 0.25) is 5.15 Å². The lowest BCUT2D eigenvalue weighted by atomic mass is 10.1. The zero-order valence-corrected chi connectivity index (χ0v) is 14.9. The molecule has 126 valence electrons. The van der Waals surface area contributed by atoms with E-state index >= 15 is 0 Å². The number of halogens is 1. The maximum Gasteiger partial charge on any atom is 0.161 e. The molecule has 0 bridgehead atoms. The van der Waals surface area contributed by atoms with Crippen LogP contribution in [0, 0.1) is 0 Å². The quantitative estimate of drug-likeness (QED) is 0.660. The van der Waals surface area contributed by atoms with Gasteiger partial charge >= 0.3 is 0 Å². The Morgan fingerprint density at radius 3 is 2.54 bits per heavy atom. The van der Waals surface area contributed by atoms with Gasteiger partial charge in [0.15, 0.2) is 22.5 Å². The van der Waals surface area contributed by atoms with Gasteiger partial charge in [-0.05, 0) is 24.6 Å². The SMILES string of the molecule is CCCc1nn(C)c2c(Cl)nc(-c3ccc(OC)c(OC)c3)nc12. The van der Waals surface area contributed by atoms with Crippen molar-refractivity contribution in [2.24, 2.45) is 7.05 Å². The summed E-state index contributed by atoms with van der Waals surface area (Å²) in [5.41, 5.74) is 3.29. The number of methoxy groups -OCH3 is 2. The highest BCUT2D eigenvalue weighted by Gasteiger charge is 2.17. The number of fused-ring (bicyclic) bond motifs is 1. The number of ether oxygens (including phenoxy) is 2. The van der Waals surface area contributed by atoms with Gasteiger partial charge in [0, 0.05) is 12.6 Å². The Bertz CT molecular complexity index is 892. The van der Waals surface area contributed by atoms with E-state index in [-0.39, 0.29) is 0 Å². The average molecular weight is 347 g/mol. The predicted octanol–water partition coefficient (Wildman–Crippen LogP) is 3.65. The van der Waals surface area contributed by atoms with Crippen molar-refractivity contribution in [2.45, 2.75) is 19.8 Å². The number of benzene rings is 1. The number of aromatic nitrogens is 4. The molecule has 0 radical (unpaired) electrons. The summed E-state index contributed by atoms with van der Waals surface area (Å²) in [6, 6.07) is 5.55. The van der Waals surface area contributed by atoms with Crippen LogP contribution in [0.1, 0.15) is 19.0 Å². The standard InChI is InChI=1S/C17H19ClN4O2/c1-5-6-11-14-15(22(2)21-11)16(18)20-17(19-14)10-7-8-12(23-3)13(9-10)24-4/h7-9H,5-6H2,1-4H3. The minimum absolute atomic E-state index is 0.391. The summed E-state index contributed by atoms with van der Waals surface area (Å²) in [7, 11) is 5.05. The Hall–Kier alpha value is -2.34. The van der Waals surface area contributed by atoms with Crippen LogP contribution in [0.5, 0.6) is 11.5 Å². The third-order valence-corrected chi connectivity index (χ3v) is 4.10. The molecule has 0 saturated carbocycles. The Balaban J connectivity index is 2.18. The van der Waals surface area contributed by atoms with E-state index < -0.39 is 0 Å². The van der Waals surface area contributed by atoms with Crippen molar-refractivity contribution in [3.05, 3.63) is 29.0 Å². The number of hydrogen-bond acceptors (Lipinski definition) is 5. The molecule has 0 aliphatic carbocycles. The first kappa shape index (κ1) is 16.5. The van der Waals surface area contributed by atoms with Crippen LogP contribution in [0.4, 0.5) is 0 Å². The molecule has 3 rings (SSSR count). The smallest absolute Gasteiger partial charge is 0.161 e. The van der Waals surface area contributed by atoms with Crippen LogP contribution in [-0.4, -0.2) is 34.0 Å². The lowest BCUT2D eigenvalue weighted by molar-refractivity contribution is 0.355. The highest BCUT2D eigenvalue weighted by Crippen LogP contribution is 2.33. The number of nitrogens with zero attached hydrogens (tertiary/aromatic N) is 4. The largest absolute Gasteiger partial charge is 0.493 e. The molecule has 0 saturated heterocycles. The third-order valence-electron chi connectivity index (χ3n) is 3.84. The number of hydrogen-bond donors (Lipinski definition) is 0. The van der Waals surface area contributed by atoms with E-state index in [0.29, 0.717) is 22.5 Å². The third kappa shape index (κ3) is 2.78. The highest BCUT2D eigenvalue weighted by molar-refractivity contribution is 6.33. The van der Waals surface area contributed by atoms with E-state index in [1.165, 1.54) is 0 Å². The van der Waals surface area contributed by atoms with Crippen molar-refractivity contribution in [3.8, 4) is 22.9 Å². The maximum atomic E-state index is 6.40. The van der Waals surface area contributed by atoms with Crippen molar-refractivity contribution < 1.29 is 9.47 Å². The summed E-state index contributed by atoms with van der Waals surface area (Å²) >= 11 is 6.40. The second-order valence-electron chi connectivity index (χ2n) is 5.43. The fourth-order valence-corrected chi connectivity index (χ4v) is 3.00. The molecule has 0 N–H and O–H groups in total. The molecule has 0 aliphatic heterocycles. The van der Waals surface area contributed by atoms with E-state index in [1.807, 2.05) is 25.2 Å². The van der Waals surface area contributed by atoms with Gasteiger partial charge < -0.3 is 9.47 Å². The first-order valence-electron chi connectivity index (χ1n) is 7.70. The first-order chi connectivity index (χ1) is 11.6. The monoisotopic (exact) mass is 346 g/mol. The second-order valence-corrected chi connectivity index (χ2v) is 5.78. The molecule has 2 heterocycles. The van der Waals surface area contributed by atoms with Crippen LogP contribution < -0.4 is 9.47 Å². The van der Waals surface area contributed by atoms with Gasteiger partial charge in [0.1, 0.15) is 11.0 Å². The van der Waals surface area contributed by atoms with Gasteiger partial charge in [-0.3, -0.25) is 4.68 Å². The molecule has 7 heteroatoms. The highest BCUT2D eigenvalue weighted by atomic mass is 35.5. The zero-order valence-electron chi connectivity index (χ0n) is 14.1. The Morgan fingerprint density at radius 2 is 1.88 bits per heavy atom. The lowest BCUT2D eigenvalue weighted by Crippen LogP contribution is -1.96. The van der Waals surface area contributed by atoms with Crippen LogP contribution in [0.15, 0.2) is 18.2 Å². The van der Waals surface area contributed by atoms with Gasteiger partial charge in [0.2, 0.25) is 0 Å². The summed E-state index contributed by atoms with van der Waals surface area (Å²) in [6.45, 7) is 2.11. The van der Waals surface area contributed by atoms with Crippen molar-refractivity contribution in [2.75, 3.05) is 14.2 Å². The van der Waals surface area contributed by atoms with Gasteiger partial charge in [-0.1, -0.05) is 24.9 Å². The van der Waals surface area contributed by atoms with Crippen LogP contribution in [-0.2, 0) is 13.5 Å². The fraction of sp³-hybridized carbons (Fsp3) is 0.353. The molecule has 0 fully saturated rings. The molecular weight excluding hydrogens is 328 g/mol. The molecule has 2 aromatic heterocycles. The molecule has 6 nitrogen and oxygen atoms in total. The minimum Gasteiger partial charge on any atom is -0.493 e. The van der Waals surface area contributed by atoms with Gasteiger partial charge in [-0.2, -0.15) is 5.10 Å². The van der Waals surface area contributed by atoms with E-state index in [4.69, 9.17) is 26.1 Å². The Kier molecular flexibility index (Phi) is 4.57. The van der Waals surface area contributed by atoms with Crippen LogP contribution in [0.3, 0.4) is 0 Å². The Labute approximate surface area is 145 Å². The molecule has 1 aromatic carbocycles. The summed E-state index contributed by atoms with van der Waals surface area (Å²) in [5, 5.41) is 4.91. The van der Waals surface area contributed by atoms with Crippen molar-refractivity contribution in [1.29, 1.82) is 0 Å². The molecular formula is C17H19ClN4O2. The van der Waals surface area contributed by atoms with E-state index in [1.54, 1.807) is 18.9 Å². The summed E-state index contributed by atoms with van der Waals surface area (Å²) in [6.07, 6.45) is 1.83. The zero-order chi connectivity index (χ0) is 17.3. The van der Waals surface area contributed by atoms with E-state index in [0.717, 1.165) is 35.1 Å². The van der Waals surface area contributed by atoms with E-state index in [2.05, 4.69) is 17.0 Å². The topological polar surface area (TPSA) is 62.1 Å². The summed E-state index contributed by atoms with van der Waals surface area (Å²) in [4.78, 5) is 9.14. The van der Waals surface area contributed by atoms with Crippen LogP contribution >= 0.6 is 11.6 Å². The maximum absolute atomic E-state index is 6.40. The predicted molar refractivity (Wildman–Crippen MR) is 93.8 cm³/mol. The van der Waals surface area contributed by atoms with Crippen LogP contribution in [0.25, 0.3) is 22.4 Å². The van der Waals surface area contributed by atoms with Gasteiger partial charge in [0.25, 0.3) is 0 Å². The molecule has 0 atom stereocenters. The molecule has 0 unspecified atom stereocenters. The van der Waals surface area contributed by atoms with Gasteiger partial charge in [0.05, 0.1) is 19.9 Å². The number of rotatable bonds is 5. The Morgan fingerprint density at radius 1 is 1.12 bits per heavy atom. The van der Waals surface area contributed by atoms with Gasteiger partial charge in [-0.15, -0.1) is 0 Å². The molecule has 0 aliphatic rings. The first-order valence-corrected chi connectivity index (χ1v) is 8.08. The molecule has 0 spiro atoms. The number of aryl methyl sites for hydroxylation is 2. The van der Waals surface area contributed by atoms with Crippen molar-refractivity contribution in [1.82, 2.24) is 19.7 Å². The molecule has 0 amide bonds. The minimum atomic E-state index is 0.391. The average Bonchev–Trinajstić information content (AvgIpc) is 2.90. The normalized spacial score (nSPS) is 11.0. The summed E-state index contributed by atoms with van der Waals surface area (Å²) < 4.78 is 12.4. The molecule has 3 aromatic rings. The lowest BCUT2D eigenvalue weighted by Gasteiger charge is -2.09.